The number of carbonyl (C=O) groups is 1. The average Bonchev–Trinajstić information content (AvgIpc) is 2.99. The van der Waals surface area contributed by atoms with Crippen LogP contribution in [0.5, 0.6) is 0 Å². The van der Waals surface area contributed by atoms with Crippen molar-refractivity contribution in [2.45, 2.75) is 19.9 Å². The molecular formula is C20H17N3O3. The second kappa shape index (κ2) is 7.53. The van der Waals surface area contributed by atoms with E-state index in [2.05, 4.69) is 21.9 Å². The number of carboxylic acid groups (broad SMARTS) is 1. The van der Waals surface area contributed by atoms with Gasteiger partial charge in [0, 0.05) is 0 Å². The maximum Gasteiger partial charge on any atom is 0.361 e. The highest BCUT2D eigenvalue weighted by Crippen LogP contribution is 2.24. The van der Waals surface area contributed by atoms with E-state index in [1.54, 1.807) is 29.8 Å². The third-order valence-electron chi connectivity index (χ3n) is 3.96. The highest BCUT2D eigenvalue weighted by Gasteiger charge is 2.11. The summed E-state index contributed by atoms with van der Waals surface area (Å²) in [5.74, 6) is 5.32. The third-order valence-corrected chi connectivity index (χ3v) is 3.96. The molecule has 0 aliphatic heterocycles. The molecule has 130 valence electrons. The standard InChI is InChI=1S/C20H17N3O3/c1-2-3-8-18-21-20(26)22-23(18)13-14-9-11-15(12-10-14)16-6-4-5-7-17(16)19(24)25/h4-7,9-12H,8,13H2,1H3,(H,22,26)(H,24,25). The summed E-state index contributed by atoms with van der Waals surface area (Å²) < 4.78 is 1.67. The Kier molecular flexibility index (Phi) is 4.99. The fraction of sp³-hybridized carbons (Fsp3) is 0.150. The molecule has 0 atom stereocenters. The number of hydrogen-bond donors (Lipinski definition) is 2. The minimum absolute atomic E-state index is 0.264. The molecule has 3 aromatic rings. The van der Waals surface area contributed by atoms with Gasteiger partial charge in [0.1, 0.15) is 5.82 Å². The first-order chi connectivity index (χ1) is 12.6. The van der Waals surface area contributed by atoms with Crippen molar-refractivity contribution < 1.29 is 9.90 Å². The van der Waals surface area contributed by atoms with Crippen molar-refractivity contribution in [2.24, 2.45) is 0 Å². The lowest BCUT2D eigenvalue weighted by atomic mass is 9.99. The summed E-state index contributed by atoms with van der Waals surface area (Å²) in [5.41, 5.74) is 2.31. The van der Waals surface area contributed by atoms with E-state index in [4.69, 9.17) is 0 Å². The summed E-state index contributed by atoms with van der Waals surface area (Å²) in [4.78, 5) is 26.8. The molecule has 0 fully saturated rings. The van der Waals surface area contributed by atoms with Crippen LogP contribution in [0.1, 0.15) is 28.7 Å². The molecule has 1 heterocycles. The fourth-order valence-electron chi connectivity index (χ4n) is 2.71. The number of H-pyrrole nitrogens is 1. The largest absolute Gasteiger partial charge is 0.478 e. The molecule has 0 saturated carbocycles. The summed E-state index contributed by atoms with van der Waals surface area (Å²) in [6, 6.07) is 14.4. The van der Waals surface area contributed by atoms with E-state index < -0.39 is 11.7 Å². The van der Waals surface area contributed by atoms with Gasteiger partial charge < -0.3 is 5.11 Å². The SMILES string of the molecule is CC#CCc1nc(=O)[nH]n1Cc1ccc(-c2ccccc2C(=O)O)cc1. The van der Waals surface area contributed by atoms with E-state index in [1.807, 2.05) is 30.3 Å². The summed E-state index contributed by atoms with van der Waals surface area (Å²) in [7, 11) is 0. The lowest BCUT2D eigenvalue weighted by molar-refractivity contribution is 0.0697. The molecular weight excluding hydrogens is 330 g/mol. The zero-order valence-corrected chi connectivity index (χ0v) is 14.2. The first kappa shape index (κ1) is 17.2. The van der Waals surface area contributed by atoms with Gasteiger partial charge in [-0.15, -0.1) is 5.92 Å². The van der Waals surface area contributed by atoms with Gasteiger partial charge in [-0.3, -0.25) is 4.68 Å². The third kappa shape index (κ3) is 3.73. The highest BCUT2D eigenvalue weighted by molar-refractivity contribution is 5.95. The molecule has 0 radical (unpaired) electrons. The minimum Gasteiger partial charge on any atom is -0.478 e. The average molecular weight is 347 g/mol. The van der Waals surface area contributed by atoms with Crippen LogP contribution in [-0.2, 0) is 13.0 Å². The van der Waals surface area contributed by atoms with Crippen molar-refractivity contribution in [3.8, 4) is 23.0 Å². The summed E-state index contributed by atoms with van der Waals surface area (Å²) in [6.45, 7) is 2.19. The molecule has 6 heteroatoms. The summed E-state index contributed by atoms with van der Waals surface area (Å²) in [5, 5.41) is 12.0. The quantitative estimate of drug-likeness (QED) is 0.694. The van der Waals surface area contributed by atoms with E-state index in [0.29, 0.717) is 24.4 Å². The van der Waals surface area contributed by atoms with Gasteiger partial charge in [-0.2, -0.15) is 4.98 Å². The van der Waals surface area contributed by atoms with Crippen molar-refractivity contribution in [1.82, 2.24) is 14.8 Å². The molecule has 3 rings (SSSR count). The molecule has 0 bridgehead atoms. The summed E-state index contributed by atoms with van der Waals surface area (Å²) >= 11 is 0. The van der Waals surface area contributed by atoms with Crippen molar-refractivity contribution >= 4 is 5.97 Å². The van der Waals surface area contributed by atoms with Crippen LogP contribution in [0.2, 0.25) is 0 Å². The molecule has 1 aromatic heterocycles. The molecule has 26 heavy (non-hydrogen) atoms. The van der Waals surface area contributed by atoms with Crippen LogP contribution in [0.15, 0.2) is 53.3 Å². The van der Waals surface area contributed by atoms with Crippen molar-refractivity contribution in [3.05, 3.63) is 76.0 Å². The van der Waals surface area contributed by atoms with Gasteiger partial charge >= 0.3 is 11.7 Å². The Morgan fingerprint density at radius 3 is 2.62 bits per heavy atom. The zero-order chi connectivity index (χ0) is 18.5. The second-order valence-electron chi connectivity index (χ2n) is 5.68. The molecule has 2 aromatic carbocycles. The molecule has 0 aliphatic rings. The topological polar surface area (TPSA) is 88.0 Å². The van der Waals surface area contributed by atoms with Crippen LogP contribution in [0.4, 0.5) is 0 Å². The van der Waals surface area contributed by atoms with E-state index in [1.165, 1.54) is 0 Å². The van der Waals surface area contributed by atoms with E-state index in [-0.39, 0.29) is 5.56 Å². The molecule has 0 aliphatic carbocycles. The number of benzene rings is 2. The van der Waals surface area contributed by atoms with Gasteiger partial charge in [0.25, 0.3) is 0 Å². The number of rotatable bonds is 5. The van der Waals surface area contributed by atoms with Crippen LogP contribution in [0.3, 0.4) is 0 Å². The van der Waals surface area contributed by atoms with Crippen LogP contribution < -0.4 is 5.69 Å². The van der Waals surface area contributed by atoms with E-state index >= 15 is 0 Å². The van der Waals surface area contributed by atoms with Crippen LogP contribution in [-0.4, -0.2) is 25.8 Å². The smallest absolute Gasteiger partial charge is 0.361 e. The van der Waals surface area contributed by atoms with Crippen LogP contribution in [0, 0.1) is 11.8 Å². The number of carboxylic acids is 1. The second-order valence-corrected chi connectivity index (χ2v) is 5.68. The Morgan fingerprint density at radius 2 is 1.92 bits per heavy atom. The number of hydrogen-bond acceptors (Lipinski definition) is 3. The van der Waals surface area contributed by atoms with E-state index in [9.17, 15) is 14.7 Å². The number of aromatic carboxylic acids is 1. The Bertz CT molecular complexity index is 1050. The molecule has 0 saturated heterocycles. The van der Waals surface area contributed by atoms with Gasteiger partial charge in [0.2, 0.25) is 0 Å². The van der Waals surface area contributed by atoms with Crippen LogP contribution in [0.25, 0.3) is 11.1 Å². The highest BCUT2D eigenvalue weighted by atomic mass is 16.4. The van der Waals surface area contributed by atoms with Crippen molar-refractivity contribution in [1.29, 1.82) is 0 Å². The molecule has 6 nitrogen and oxygen atoms in total. The van der Waals surface area contributed by atoms with Gasteiger partial charge in [-0.25, -0.2) is 14.7 Å². The predicted molar refractivity (Wildman–Crippen MR) is 97.9 cm³/mol. The van der Waals surface area contributed by atoms with Gasteiger partial charge in [-0.1, -0.05) is 48.4 Å². The first-order valence-electron chi connectivity index (χ1n) is 8.05. The Morgan fingerprint density at radius 1 is 1.19 bits per heavy atom. The Labute approximate surface area is 150 Å². The number of aromatic nitrogens is 3. The molecule has 0 spiro atoms. The molecule has 0 unspecified atom stereocenters. The van der Waals surface area contributed by atoms with Gasteiger partial charge in [0.15, 0.2) is 0 Å². The lowest BCUT2D eigenvalue weighted by Gasteiger charge is -2.09. The Hall–Kier alpha value is -3.59. The van der Waals surface area contributed by atoms with Gasteiger partial charge in [-0.05, 0) is 29.7 Å². The maximum atomic E-state index is 11.5. The zero-order valence-electron chi connectivity index (χ0n) is 14.2. The minimum atomic E-state index is -0.956. The maximum absolute atomic E-state index is 11.5. The number of aromatic amines is 1. The van der Waals surface area contributed by atoms with E-state index in [0.717, 1.165) is 11.1 Å². The van der Waals surface area contributed by atoms with Gasteiger partial charge in [0.05, 0.1) is 18.5 Å². The fourth-order valence-corrected chi connectivity index (χ4v) is 2.71. The Balaban J connectivity index is 1.86. The molecule has 2 N–H and O–H groups in total. The predicted octanol–water partition coefficient (Wildman–Crippen LogP) is 2.55. The van der Waals surface area contributed by atoms with Crippen LogP contribution >= 0.6 is 0 Å². The monoisotopic (exact) mass is 347 g/mol. The summed E-state index contributed by atoms with van der Waals surface area (Å²) in [6.07, 6.45) is 0.402. The first-order valence-corrected chi connectivity index (χ1v) is 8.05. The number of nitrogens with zero attached hydrogens (tertiary/aromatic N) is 2. The lowest BCUT2D eigenvalue weighted by Crippen LogP contribution is -2.09. The molecule has 0 amide bonds. The normalized spacial score (nSPS) is 10.2. The number of nitrogens with one attached hydrogen (secondary N) is 1. The van der Waals surface area contributed by atoms with Crippen molar-refractivity contribution in [3.63, 3.8) is 0 Å². The van der Waals surface area contributed by atoms with Crippen molar-refractivity contribution in [2.75, 3.05) is 0 Å².